The van der Waals surface area contributed by atoms with Gasteiger partial charge in [0.1, 0.15) is 0 Å². The van der Waals surface area contributed by atoms with Crippen LogP contribution in [0.4, 0.5) is 5.13 Å². The van der Waals surface area contributed by atoms with E-state index in [9.17, 15) is 0 Å². The maximum absolute atomic E-state index is 5.35. The summed E-state index contributed by atoms with van der Waals surface area (Å²) in [5, 5.41) is 5.63. The number of hydrogen-bond donors (Lipinski definition) is 1. The Balaban J connectivity index is 0.000000640. The van der Waals surface area contributed by atoms with E-state index in [1.54, 1.807) is 17.5 Å². The minimum atomic E-state index is 0. The van der Waals surface area contributed by atoms with Crippen molar-refractivity contribution in [1.29, 1.82) is 0 Å². The maximum Gasteiger partial charge on any atom is 0.183 e. The van der Waals surface area contributed by atoms with Crippen LogP contribution in [0.25, 0.3) is 0 Å². The second-order valence-electron chi connectivity index (χ2n) is 1.15. The molecule has 0 aliphatic heterocycles. The van der Waals surface area contributed by atoms with Crippen LogP contribution in [0.5, 0.6) is 0 Å². The molecule has 0 radical (unpaired) electrons. The van der Waals surface area contributed by atoms with Crippen LogP contribution >= 0.6 is 35.3 Å². The molecule has 52 valence electrons. The minimum absolute atomic E-state index is 0. The Kier molecular flexibility index (Phi) is 4.85. The summed E-state index contributed by atoms with van der Waals surface area (Å²) in [6, 6.07) is 0.424. The lowest BCUT2D eigenvalue weighted by Gasteiger charge is -1.89. The van der Waals surface area contributed by atoms with Gasteiger partial charge in [0.15, 0.2) is 5.13 Å². The van der Waals surface area contributed by atoms with E-state index in [1.807, 2.05) is 5.38 Å². The number of thiazole rings is 1. The number of anilines is 1. The average molecular weight is 185 g/mol. The van der Waals surface area contributed by atoms with E-state index in [0.29, 0.717) is 6.00 Å². The third-order valence-electron chi connectivity index (χ3n) is 0.650. The van der Waals surface area contributed by atoms with Crippen LogP contribution in [0.1, 0.15) is 0 Å². The number of nitrogens with zero attached hydrogens (tertiary/aromatic N) is 1. The smallest absolute Gasteiger partial charge is 0.183 e. The van der Waals surface area contributed by atoms with Crippen molar-refractivity contribution >= 4 is 40.5 Å². The maximum atomic E-state index is 5.35. The van der Waals surface area contributed by atoms with E-state index < -0.39 is 0 Å². The number of halogens is 2. The first kappa shape index (κ1) is 9.01. The summed E-state index contributed by atoms with van der Waals surface area (Å²) >= 11 is 6.89. The highest BCUT2D eigenvalue weighted by Crippen LogP contribution is 2.09. The van der Waals surface area contributed by atoms with Gasteiger partial charge in [0.05, 0.1) is 6.00 Å². The molecule has 0 fully saturated rings. The summed E-state index contributed by atoms with van der Waals surface area (Å²) < 4.78 is 0. The summed E-state index contributed by atoms with van der Waals surface area (Å²) in [6.45, 7) is 0. The quantitative estimate of drug-likeness (QED) is 0.564. The fourth-order valence-corrected chi connectivity index (χ4v) is 1.10. The van der Waals surface area contributed by atoms with Crippen molar-refractivity contribution in [2.45, 2.75) is 0 Å². The molecule has 2 nitrogen and oxygen atoms in total. The SMILES string of the molecule is Cl.ClCNc1nccs1. The first-order chi connectivity index (χ1) is 3.93. The molecule has 1 aromatic rings. The Bertz CT molecular complexity index is 142. The summed E-state index contributed by atoms with van der Waals surface area (Å²) in [4.78, 5) is 3.93. The van der Waals surface area contributed by atoms with Crippen molar-refractivity contribution in [3.63, 3.8) is 0 Å². The fraction of sp³-hybridized carbons (Fsp3) is 0.250. The Hall–Kier alpha value is 0.01000. The standard InChI is InChI=1S/C4H5ClN2S.ClH/c5-3-7-4-6-1-2-8-4;/h1-2H,3H2,(H,6,7);1H. The van der Waals surface area contributed by atoms with Gasteiger partial charge in [-0.05, 0) is 0 Å². The summed E-state index contributed by atoms with van der Waals surface area (Å²) in [7, 11) is 0. The van der Waals surface area contributed by atoms with Gasteiger partial charge < -0.3 is 5.32 Å². The molecule has 0 amide bonds. The number of nitrogens with one attached hydrogen (secondary N) is 1. The third-order valence-corrected chi connectivity index (χ3v) is 1.51. The fourth-order valence-electron chi connectivity index (χ4n) is 0.368. The van der Waals surface area contributed by atoms with Gasteiger partial charge in [-0.15, -0.1) is 35.3 Å². The van der Waals surface area contributed by atoms with Crippen LogP contribution in [0.3, 0.4) is 0 Å². The largest absolute Gasteiger partial charge is 0.348 e. The number of hydrogen-bond acceptors (Lipinski definition) is 3. The number of aromatic nitrogens is 1. The molecular weight excluding hydrogens is 179 g/mol. The van der Waals surface area contributed by atoms with E-state index in [4.69, 9.17) is 11.6 Å². The minimum Gasteiger partial charge on any atom is -0.348 e. The van der Waals surface area contributed by atoms with E-state index in [2.05, 4.69) is 10.3 Å². The Morgan fingerprint density at radius 1 is 1.78 bits per heavy atom. The van der Waals surface area contributed by atoms with Gasteiger partial charge in [0.2, 0.25) is 0 Å². The summed E-state index contributed by atoms with van der Waals surface area (Å²) in [6.07, 6.45) is 1.74. The van der Waals surface area contributed by atoms with Crippen LogP contribution in [0.15, 0.2) is 11.6 Å². The molecule has 5 heteroatoms. The molecule has 9 heavy (non-hydrogen) atoms. The molecular formula is C4H6Cl2N2S. The lowest BCUT2D eigenvalue weighted by molar-refractivity contribution is 1.34. The normalized spacial score (nSPS) is 8.11. The molecule has 1 N–H and O–H groups in total. The lowest BCUT2D eigenvalue weighted by Crippen LogP contribution is -1.91. The molecule has 0 atom stereocenters. The predicted molar refractivity (Wildman–Crippen MR) is 43.7 cm³/mol. The molecule has 0 aliphatic rings. The van der Waals surface area contributed by atoms with Crippen LogP contribution in [0, 0.1) is 0 Å². The molecule has 0 spiro atoms. The van der Waals surface area contributed by atoms with Crippen LogP contribution < -0.4 is 5.32 Å². The van der Waals surface area contributed by atoms with Crippen molar-refractivity contribution in [2.24, 2.45) is 0 Å². The van der Waals surface area contributed by atoms with Gasteiger partial charge in [-0.3, -0.25) is 0 Å². The third kappa shape index (κ3) is 2.89. The number of rotatable bonds is 2. The van der Waals surface area contributed by atoms with Crippen molar-refractivity contribution in [1.82, 2.24) is 4.98 Å². The average Bonchev–Trinajstić information content (AvgIpc) is 2.19. The second-order valence-corrected chi connectivity index (χ2v) is 2.31. The van der Waals surface area contributed by atoms with Crippen LogP contribution in [-0.2, 0) is 0 Å². The van der Waals surface area contributed by atoms with Gasteiger partial charge in [-0.25, -0.2) is 4.98 Å². The molecule has 0 saturated heterocycles. The molecule has 0 aliphatic carbocycles. The van der Waals surface area contributed by atoms with E-state index >= 15 is 0 Å². The highest BCUT2D eigenvalue weighted by atomic mass is 35.5. The Labute approximate surface area is 68.7 Å². The second kappa shape index (κ2) is 4.85. The summed E-state index contributed by atoms with van der Waals surface area (Å²) in [5.74, 6) is 0. The van der Waals surface area contributed by atoms with Crippen LogP contribution in [0.2, 0.25) is 0 Å². The molecule has 1 aromatic heterocycles. The molecule has 0 aromatic carbocycles. The van der Waals surface area contributed by atoms with Gasteiger partial charge in [0, 0.05) is 11.6 Å². The highest BCUT2D eigenvalue weighted by molar-refractivity contribution is 7.13. The van der Waals surface area contributed by atoms with E-state index in [1.165, 1.54) is 0 Å². The zero-order valence-electron chi connectivity index (χ0n) is 4.50. The molecule has 0 unspecified atom stereocenters. The van der Waals surface area contributed by atoms with Crippen LogP contribution in [-0.4, -0.2) is 11.0 Å². The Morgan fingerprint density at radius 2 is 2.56 bits per heavy atom. The van der Waals surface area contributed by atoms with Gasteiger partial charge >= 0.3 is 0 Å². The molecule has 0 saturated carbocycles. The first-order valence-electron chi connectivity index (χ1n) is 2.13. The van der Waals surface area contributed by atoms with Crippen molar-refractivity contribution in [3.8, 4) is 0 Å². The predicted octanol–water partition coefficient (Wildman–Crippen LogP) is 2.17. The van der Waals surface area contributed by atoms with E-state index in [0.717, 1.165) is 5.13 Å². The molecule has 0 bridgehead atoms. The first-order valence-corrected chi connectivity index (χ1v) is 3.54. The molecule has 1 heterocycles. The zero-order chi connectivity index (χ0) is 5.82. The molecule has 1 rings (SSSR count). The van der Waals surface area contributed by atoms with Crippen molar-refractivity contribution in [3.05, 3.63) is 11.6 Å². The van der Waals surface area contributed by atoms with Gasteiger partial charge in [0.25, 0.3) is 0 Å². The van der Waals surface area contributed by atoms with Gasteiger partial charge in [-0.1, -0.05) is 0 Å². The summed E-state index contributed by atoms with van der Waals surface area (Å²) in [5.41, 5.74) is 0. The lowest BCUT2D eigenvalue weighted by atomic mass is 11.0. The zero-order valence-corrected chi connectivity index (χ0v) is 6.89. The Morgan fingerprint density at radius 3 is 3.00 bits per heavy atom. The number of alkyl halides is 1. The highest BCUT2D eigenvalue weighted by Gasteiger charge is 1.87. The topological polar surface area (TPSA) is 24.9 Å². The van der Waals surface area contributed by atoms with Crippen molar-refractivity contribution < 1.29 is 0 Å². The van der Waals surface area contributed by atoms with Gasteiger partial charge in [-0.2, -0.15) is 0 Å². The van der Waals surface area contributed by atoms with Crippen molar-refractivity contribution in [2.75, 3.05) is 11.3 Å². The van der Waals surface area contributed by atoms with E-state index in [-0.39, 0.29) is 12.4 Å². The monoisotopic (exact) mass is 184 g/mol.